The van der Waals surface area contributed by atoms with Crippen molar-refractivity contribution in [3.05, 3.63) is 57.9 Å². The highest BCUT2D eigenvalue weighted by Gasteiger charge is 2.33. The molecule has 2 aliphatic rings. The lowest BCUT2D eigenvalue weighted by molar-refractivity contribution is 0.0885. The molecule has 0 radical (unpaired) electrons. The zero-order valence-electron chi connectivity index (χ0n) is 15.5. The summed E-state index contributed by atoms with van der Waals surface area (Å²) in [6.45, 7) is 3.22. The Hall–Kier alpha value is -2.79. The van der Waals surface area contributed by atoms with E-state index in [0.29, 0.717) is 35.1 Å². The van der Waals surface area contributed by atoms with Crippen molar-refractivity contribution in [1.82, 2.24) is 4.90 Å². The maximum Gasteiger partial charge on any atom is 0.200 e. The summed E-state index contributed by atoms with van der Waals surface area (Å²) in [7, 11) is 1.63. The second-order valence-electron chi connectivity index (χ2n) is 7.26. The molecule has 0 atom stereocenters. The molecule has 0 N–H and O–H groups in total. The Morgan fingerprint density at radius 2 is 1.89 bits per heavy atom. The Labute approximate surface area is 157 Å². The molecule has 0 unspecified atom stereocenters. The molecule has 27 heavy (non-hydrogen) atoms. The highest BCUT2D eigenvalue weighted by molar-refractivity contribution is 5.86. The van der Waals surface area contributed by atoms with Crippen molar-refractivity contribution < 1.29 is 13.9 Å². The van der Waals surface area contributed by atoms with Gasteiger partial charge < -0.3 is 13.9 Å². The summed E-state index contributed by atoms with van der Waals surface area (Å²) in [5.41, 5.74) is 3.05. The molecule has 2 aromatic carbocycles. The predicted molar refractivity (Wildman–Crippen MR) is 103 cm³/mol. The highest BCUT2D eigenvalue weighted by Crippen LogP contribution is 2.37. The Morgan fingerprint density at radius 1 is 1.11 bits per heavy atom. The van der Waals surface area contributed by atoms with E-state index in [1.807, 2.05) is 43.3 Å². The normalized spacial score (nSPS) is 16.8. The van der Waals surface area contributed by atoms with Gasteiger partial charge in [-0.2, -0.15) is 0 Å². The first-order valence-electron chi connectivity index (χ1n) is 9.26. The summed E-state index contributed by atoms with van der Waals surface area (Å²) in [5.74, 6) is 2.20. The molecule has 5 heteroatoms. The van der Waals surface area contributed by atoms with Crippen LogP contribution in [-0.4, -0.2) is 24.8 Å². The van der Waals surface area contributed by atoms with Crippen LogP contribution in [0.5, 0.6) is 11.5 Å². The first-order chi connectivity index (χ1) is 13.2. The molecular formula is C22H21NO4. The molecule has 0 bridgehead atoms. The third kappa shape index (κ3) is 2.70. The van der Waals surface area contributed by atoms with Crippen molar-refractivity contribution in [3.8, 4) is 22.6 Å². The van der Waals surface area contributed by atoms with Crippen LogP contribution in [-0.2, 0) is 6.54 Å². The number of hydrogen-bond acceptors (Lipinski definition) is 5. The smallest absolute Gasteiger partial charge is 0.200 e. The zero-order valence-corrected chi connectivity index (χ0v) is 15.5. The van der Waals surface area contributed by atoms with Crippen LogP contribution in [0.4, 0.5) is 0 Å². The SMILES string of the molecule is COc1ccc(-c2c(C)oc3c4c(ccc3c2=O)OCN(C2CC2)C4)cc1. The van der Waals surface area contributed by atoms with E-state index in [2.05, 4.69) is 4.90 Å². The van der Waals surface area contributed by atoms with Gasteiger partial charge in [-0.1, -0.05) is 12.1 Å². The molecule has 2 heterocycles. The number of benzene rings is 2. The van der Waals surface area contributed by atoms with Gasteiger partial charge >= 0.3 is 0 Å². The van der Waals surface area contributed by atoms with Crippen LogP contribution in [0.25, 0.3) is 22.1 Å². The van der Waals surface area contributed by atoms with E-state index < -0.39 is 0 Å². The molecule has 0 amide bonds. The van der Waals surface area contributed by atoms with E-state index in [-0.39, 0.29) is 5.43 Å². The summed E-state index contributed by atoms with van der Waals surface area (Å²) in [6, 6.07) is 11.8. The molecule has 3 aromatic rings. The van der Waals surface area contributed by atoms with Gasteiger partial charge in [-0.3, -0.25) is 9.69 Å². The number of nitrogens with zero attached hydrogens (tertiary/aromatic N) is 1. The van der Waals surface area contributed by atoms with Gasteiger partial charge in [0.25, 0.3) is 0 Å². The summed E-state index contributed by atoms with van der Waals surface area (Å²) in [5, 5.41) is 0.603. The van der Waals surface area contributed by atoms with Gasteiger partial charge in [0.2, 0.25) is 5.43 Å². The molecule has 138 valence electrons. The first kappa shape index (κ1) is 16.4. The van der Waals surface area contributed by atoms with Gasteiger partial charge in [-0.15, -0.1) is 0 Å². The van der Waals surface area contributed by atoms with E-state index in [0.717, 1.165) is 29.2 Å². The monoisotopic (exact) mass is 363 g/mol. The second-order valence-corrected chi connectivity index (χ2v) is 7.26. The zero-order chi connectivity index (χ0) is 18.5. The lowest BCUT2D eigenvalue weighted by Crippen LogP contribution is -2.34. The van der Waals surface area contributed by atoms with E-state index in [4.69, 9.17) is 13.9 Å². The minimum Gasteiger partial charge on any atom is -0.497 e. The molecule has 0 spiro atoms. The van der Waals surface area contributed by atoms with Crippen molar-refractivity contribution >= 4 is 11.0 Å². The molecule has 1 fully saturated rings. The molecule has 1 aliphatic carbocycles. The summed E-state index contributed by atoms with van der Waals surface area (Å²) < 4.78 is 17.3. The van der Waals surface area contributed by atoms with Crippen LogP contribution in [0.2, 0.25) is 0 Å². The van der Waals surface area contributed by atoms with Gasteiger partial charge in [-0.25, -0.2) is 0 Å². The van der Waals surface area contributed by atoms with E-state index in [1.54, 1.807) is 7.11 Å². The van der Waals surface area contributed by atoms with Crippen molar-refractivity contribution in [2.75, 3.05) is 13.8 Å². The number of rotatable bonds is 3. The molecule has 5 nitrogen and oxygen atoms in total. The quantitative estimate of drug-likeness (QED) is 0.701. The molecule has 5 rings (SSSR count). The summed E-state index contributed by atoms with van der Waals surface area (Å²) in [6.07, 6.45) is 2.43. The van der Waals surface area contributed by atoms with Crippen LogP contribution in [0.3, 0.4) is 0 Å². The number of ether oxygens (including phenoxy) is 2. The lowest BCUT2D eigenvalue weighted by Gasteiger charge is -2.29. The number of methoxy groups -OCH3 is 1. The topological polar surface area (TPSA) is 51.9 Å². The minimum atomic E-state index is -0.00902. The van der Waals surface area contributed by atoms with Crippen molar-refractivity contribution in [1.29, 1.82) is 0 Å². The first-order valence-corrected chi connectivity index (χ1v) is 9.26. The maximum absolute atomic E-state index is 13.3. The van der Waals surface area contributed by atoms with Gasteiger partial charge in [-0.05, 0) is 49.6 Å². The van der Waals surface area contributed by atoms with Gasteiger partial charge in [0.15, 0.2) is 0 Å². The van der Waals surface area contributed by atoms with Crippen LogP contribution in [0.1, 0.15) is 24.2 Å². The van der Waals surface area contributed by atoms with Gasteiger partial charge in [0, 0.05) is 12.6 Å². The Morgan fingerprint density at radius 3 is 2.59 bits per heavy atom. The van der Waals surface area contributed by atoms with Crippen LogP contribution >= 0.6 is 0 Å². The molecule has 0 saturated heterocycles. The fourth-order valence-corrected chi connectivity index (χ4v) is 3.86. The maximum atomic E-state index is 13.3. The molecule has 1 aliphatic heterocycles. The summed E-state index contributed by atoms with van der Waals surface area (Å²) >= 11 is 0. The van der Waals surface area contributed by atoms with E-state index in [1.165, 1.54) is 12.8 Å². The minimum absolute atomic E-state index is 0.00902. The third-order valence-electron chi connectivity index (χ3n) is 5.49. The number of fused-ring (bicyclic) bond motifs is 3. The fraction of sp³-hybridized carbons (Fsp3) is 0.318. The second kappa shape index (κ2) is 6.13. The molecule has 1 saturated carbocycles. The Kier molecular flexibility index (Phi) is 3.72. The van der Waals surface area contributed by atoms with Gasteiger partial charge in [0.05, 0.1) is 23.6 Å². The average Bonchev–Trinajstić information content (AvgIpc) is 3.53. The highest BCUT2D eigenvalue weighted by atomic mass is 16.5. The lowest BCUT2D eigenvalue weighted by atomic mass is 10.0. The fourth-order valence-electron chi connectivity index (χ4n) is 3.86. The Balaban J connectivity index is 1.66. The predicted octanol–water partition coefficient (Wildman–Crippen LogP) is 4.09. The number of aryl methyl sites for hydroxylation is 1. The van der Waals surface area contributed by atoms with Crippen molar-refractivity contribution in [2.24, 2.45) is 0 Å². The third-order valence-corrected chi connectivity index (χ3v) is 5.49. The summed E-state index contributed by atoms with van der Waals surface area (Å²) in [4.78, 5) is 15.6. The van der Waals surface area contributed by atoms with E-state index >= 15 is 0 Å². The van der Waals surface area contributed by atoms with Crippen LogP contribution in [0.15, 0.2) is 45.6 Å². The van der Waals surface area contributed by atoms with E-state index in [9.17, 15) is 4.79 Å². The van der Waals surface area contributed by atoms with Gasteiger partial charge in [0.1, 0.15) is 29.6 Å². The standard InChI is InChI=1S/C22H21NO4/c1-13-20(14-3-7-16(25-2)8-4-14)21(24)17-9-10-19-18(22(17)27-13)11-23(12-26-19)15-5-6-15/h3-4,7-10,15H,5-6,11-12H2,1-2H3. The average molecular weight is 363 g/mol. The van der Waals surface area contributed by atoms with Crippen LogP contribution in [0, 0.1) is 6.92 Å². The molecule has 1 aromatic heterocycles. The van der Waals surface area contributed by atoms with Crippen LogP contribution < -0.4 is 14.9 Å². The van der Waals surface area contributed by atoms with Crippen molar-refractivity contribution in [3.63, 3.8) is 0 Å². The largest absolute Gasteiger partial charge is 0.497 e. The number of hydrogen-bond donors (Lipinski definition) is 0. The molecular weight excluding hydrogens is 342 g/mol. The Bertz CT molecular complexity index is 1080. The van der Waals surface area contributed by atoms with Crippen molar-refractivity contribution in [2.45, 2.75) is 32.4 Å².